The molecule has 364 valence electrons. The number of benzene rings is 1. The number of rotatable bonds is 7. The predicted molar refractivity (Wildman–Crippen MR) is 252 cm³/mol. The van der Waals surface area contributed by atoms with E-state index in [9.17, 15) is 27.6 Å². The van der Waals surface area contributed by atoms with Gasteiger partial charge in [-0.2, -0.15) is 18.3 Å². The maximum Gasteiger partial charge on any atom is 0.435 e. The number of amides is 2. The zero-order valence-corrected chi connectivity index (χ0v) is 39.9. The number of Topliss-reactive ketones (excluding diaryl/α,β-unsaturated/α-hetero) is 1. The molecule has 3 heterocycles. The summed E-state index contributed by atoms with van der Waals surface area (Å²) < 4.78 is 55.9. The van der Waals surface area contributed by atoms with E-state index in [-0.39, 0.29) is 71.9 Å². The minimum atomic E-state index is -4.77. The summed E-state index contributed by atoms with van der Waals surface area (Å²) in [6.45, 7) is 10.4. The summed E-state index contributed by atoms with van der Waals surface area (Å²) in [5, 5.41) is 7.53. The minimum Gasteiger partial charge on any atom is -0.446 e. The van der Waals surface area contributed by atoms with Crippen molar-refractivity contribution in [2.75, 3.05) is 31.5 Å². The van der Waals surface area contributed by atoms with Crippen LogP contribution in [0.3, 0.4) is 0 Å². The van der Waals surface area contributed by atoms with E-state index >= 15 is 0 Å². The average molecular weight is 938 g/mol. The highest BCUT2D eigenvalue weighted by molar-refractivity contribution is 6.00. The van der Waals surface area contributed by atoms with Crippen molar-refractivity contribution in [3.05, 3.63) is 88.5 Å². The van der Waals surface area contributed by atoms with Gasteiger partial charge in [0.25, 0.3) is 0 Å². The van der Waals surface area contributed by atoms with E-state index in [0.717, 1.165) is 37.7 Å². The first-order valence-corrected chi connectivity index (χ1v) is 25.0. The number of ketones is 1. The van der Waals surface area contributed by atoms with Crippen LogP contribution < -0.4 is 11.1 Å². The van der Waals surface area contributed by atoms with E-state index in [0.29, 0.717) is 81.0 Å². The number of anilines is 1. The number of fused-ring (bicyclic) bond motifs is 6. The van der Waals surface area contributed by atoms with Crippen LogP contribution in [-0.4, -0.2) is 87.0 Å². The number of nitrogens with zero attached hydrogens (tertiary/aromatic N) is 5. The van der Waals surface area contributed by atoms with Crippen molar-refractivity contribution in [3.63, 3.8) is 0 Å². The fourth-order valence-electron chi connectivity index (χ4n) is 13.7. The number of allylic oxidation sites excluding steroid dienone is 3. The van der Waals surface area contributed by atoms with Crippen molar-refractivity contribution >= 4 is 29.2 Å². The van der Waals surface area contributed by atoms with E-state index in [1.54, 1.807) is 28.0 Å². The van der Waals surface area contributed by atoms with Crippen LogP contribution in [0, 0.1) is 34.0 Å². The highest BCUT2D eigenvalue weighted by Gasteiger charge is 2.57. The van der Waals surface area contributed by atoms with E-state index < -0.39 is 23.1 Å². The van der Waals surface area contributed by atoms with Crippen LogP contribution in [0.15, 0.2) is 60.5 Å². The Hall–Kier alpha value is -5.18. The molecule has 3 N–H and O–H groups in total. The summed E-state index contributed by atoms with van der Waals surface area (Å²) in [5.41, 5.74) is 10.8. The van der Waals surface area contributed by atoms with Crippen molar-refractivity contribution in [2.24, 2.45) is 39.7 Å². The summed E-state index contributed by atoms with van der Waals surface area (Å²) >= 11 is 0. The third-order valence-corrected chi connectivity index (χ3v) is 17.3. The van der Waals surface area contributed by atoms with E-state index in [1.165, 1.54) is 34.2 Å². The fraction of sp³-hybridized carbons (Fsp3) is 0.604. The Balaban J connectivity index is 0.690. The number of ether oxygens (including phenoxy) is 2. The van der Waals surface area contributed by atoms with Gasteiger partial charge in [0, 0.05) is 69.7 Å². The van der Waals surface area contributed by atoms with Crippen LogP contribution in [0.1, 0.15) is 138 Å². The van der Waals surface area contributed by atoms with Crippen LogP contribution in [0.25, 0.3) is 11.3 Å². The summed E-state index contributed by atoms with van der Waals surface area (Å²) in [4.78, 5) is 47.7. The standard InChI is InChI=1S/C53H66F3N7O5/c1-50(2)28-44-46(45(64)29-50)47(53(54,55)56)60-63(44)36-11-7-32(30-57)43(27-36)59-35-9-12-37(13-10-35)67-48(65)61-22-24-62(25-23-61)49(66)68-38-17-19-51(3)34(26-38)8-14-39-41-16-15-40(33-6-5-21-58-31-33)52(41,4)20-18-42(39)51/h5-8,11,15,21,27,31,35,37-39,41-42,59H,9-10,12-14,16-20,22-26,28-30,57H2,1-4H3. The van der Waals surface area contributed by atoms with Gasteiger partial charge in [-0.25, -0.2) is 14.3 Å². The van der Waals surface area contributed by atoms with Gasteiger partial charge in [0.15, 0.2) is 11.5 Å². The molecule has 10 rings (SSSR count). The molecule has 6 unspecified atom stereocenters. The molecule has 1 aliphatic heterocycles. The normalized spacial score (nSPS) is 31.1. The second-order valence-corrected chi connectivity index (χ2v) is 22.1. The maximum absolute atomic E-state index is 14.1. The van der Waals surface area contributed by atoms with Gasteiger partial charge in [-0.05, 0) is 140 Å². The Morgan fingerprint density at radius 3 is 2.24 bits per heavy atom. The van der Waals surface area contributed by atoms with Crippen molar-refractivity contribution in [3.8, 4) is 5.69 Å². The summed E-state index contributed by atoms with van der Waals surface area (Å²) in [7, 11) is 0. The van der Waals surface area contributed by atoms with E-state index in [4.69, 9.17) is 15.2 Å². The molecule has 68 heavy (non-hydrogen) atoms. The molecular weight excluding hydrogens is 872 g/mol. The number of halogens is 3. The first-order chi connectivity index (χ1) is 32.4. The summed E-state index contributed by atoms with van der Waals surface area (Å²) in [6, 6.07) is 9.51. The Morgan fingerprint density at radius 1 is 0.853 bits per heavy atom. The molecule has 0 radical (unpaired) electrons. The second-order valence-electron chi connectivity index (χ2n) is 22.1. The predicted octanol–water partition coefficient (Wildman–Crippen LogP) is 10.5. The smallest absolute Gasteiger partial charge is 0.435 e. The van der Waals surface area contributed by atoms with Gasteiger partial charge in [0.1, 0.15) is 12.2 Å². The summed E-state index contributed by atoms with van der Waals surface area (Å²) in [6.07, 6.45) is 13.2. The number of carbonyl (C=O) groups excluding carboxylic acids is 3. The molecule has 6 aliphatic carbocycles. The molecule has 3 saturated carbocycles. The Labute approximate surface area is 397 Å². The molecule has 0 spiro atoms. The van der Waals surface area contributed by atoms with Crippen LogP contribution in [0.2, 0.25) is 0 Å². The highest BCUT2D eigenvalue weighted by Crippen LogP contribution is 2.66. The summed E-state index contributed by atoms with van der Waals surface area (Å²) in [5.74, 6) is 1.37. The molecule has 6 atom stereocenters. The van der Waals surface area contributed by atoms with Crippen molar-refractivity contribution in [1.29, 1.82) is 0 Å². The molecule has 0 bridgehead atoms. The molecule has 2 aromatic heterocycles. The third kappa shape index (κ3) is 8.52. The number of pyridine rings is 1. The highest BCUT2D eigenvalue weighted by atomic mass is 19.4. The van der Waals surface area contributed by atoms with Crippen LogP contribution in [-0.2, 0) is 28.6 Å². The fourth-order valence-corrected chi connectivity index (χ4v) is 13.7. The van der Waals surface area contributed by atoms with Crippen LogP contribution >= 0.6 is 0 Å². The second kappa shape index (κ2) is 17.7. The molecule has 3 aromatic rings. The topological polar surface area (TPSA) is 145 Å². The largest absolute Gasteiger partial charge is 0.446 e. The van der Waals surface area contributed by atoms with Crippen LogP contribution in [0.5, 0.6) is 0 Å². The molecule has 4 fully saturated rings. The number of piperazine rings is 1. The molecule has 2 amide bonds. The van der Waals surface area contributed by atoms with Crippen molar-refractivity contribution in [2.45, 2.75) is 142 Å². The molecular formula is C53H66F3N7O5. The molecule has 7 aliphatic rings. The van der Waals surface area contributed by atoms with Gasteiger partial charge in [-0.3, -0.25) is 9.78 Å². The molecule has 15 heteroatoms. The minimum absolute atomic E-state index is 0.0157. The Kier molecular flexibility index (Phi) is 12.1. The van der Waals surface area contributed by atoms with Crippen molar-refractivity contribution in [1.82, 2.24) is 24.6 Å². The van der Waals surface area contributed by atoms with Gasteiger partial charge in [-0.15, -0.1) is 0 Å². The lowest BCUT2D eigenvalue weighted by molar-refractivity contribution is -0.141. The number of carbonyl (C=O) groups is 3. The van der Waals surface area contributed by atoms with Gasteiger partial charge in [-0.1, -0.05) is 57.6 Å². The first kappa shape index (κ1) is 46.5. The molecule has 12 nitrogen and oxygen atoms in total. The maximum atomic E-state index is 14.1. The molecule has 1 aromatic carbocycles. The zero-order valence-electron chi connectivity index (χ0n) is 39.9. The lowest BCUT2D eigenvalue weighted by Gasteiger charge is -2.58. The number of hydrogen-bond donors (Lipinski definition) is 2. The number of nitrogens with one attached hydrogen (secondary N) is 1. The van der Waals surface area contributed by atoms with Gasteiger partial charge >= 0.3 is 18.4 Å². The first-order valence-electron chi connectivity index (χ1n) is 25.0. The zero-order chi connectivity index (χ0) is 47.8. The lowest BCUT2D eigenvalue weighted by Crippen LogP contribution is -2.52. The molecule has 1 saturated heterocycles. The van der Waals surface area contributed by atoms with Crippen molar-refractivity contribution < 1.29 is 37.0 Å². The average Bonchev–Trinajstić information content (AvgIpc) is 3.88. The quantitative estimate of drug-likeness (QED) is 0.221. The van der Waals surface area contributed by atoms with E-state index in [1.807, 2.05) is 32.3 Å². The third-order valence-electron chi connectivity index (χ3n) is 17.3. The number of hydrogen-bond acceptors (Lipinski definition) is 9. The number of alkyl halides is 3. The van der Waals surface area contributed by atoms with E-state index in [2.05, 4.69) is 47.5 Å². The van der Waals surface area contributed by atoms with Crippen LogP contribution in [0.4, 0.5) is 28.4 Å². The monoisotopic (exact) mass is 938 g/mol. The SMILES string of the molecule is CC1(C)CC(=O)c2c(C(F)(F)F)nn(-c3ccc(CN)c(NC4CCC(OC(=O)N5CCN(C(=O)OC6CCC7(C)C(=CCC8C7CCC7(C)C(c9cccnc9)=CCC87)C6)CC5)CC4)c3)c2C1. The van der Waals surface area contributed by atoms with Gasteiger partial charge < -0.3 is 30.3 Å². The number of aromatic nitrogens is 3. The van der Waals surface area contributed by atoms with Gasteiger partial charge in [0.2, 0.25) is 0 Å². The Bertz CT molecular complexity index is 2500. The lowest BCUT2D eigenvalue weighted by atomic mass is 9.47. The number of nitrogens with two attached hydrogens (primary N) is 1. The Morgan fingerprint density at radius 2 is 1.56 bits per heavy atom. The van der Waals surface area contributed by atoms with Gasteiger partial charge in [0.05, 0.1) is 16.9 Å².